The smallest absolute Gasteiger partial charge is 0.355 e. The summed E-state index contributed by atoms with van der Waals surface area (Å²) in [6, 6.07) is 1.92. The van der Waals surface area contributed by atoms with Crippen LogP contribution in [-0.2, 0) is 19.5 Å². The SMILES string of the molecule is O=C(O)c1csc(CNC(=O)N2CCc3sccc3C2)n1. The number of hydrogen-bond donors (Lipinski definition) is 2. The predicted molar refractivity (Wildman–Crippen MR) is 79.7 cm³/mol. The zero-order valence-electron chi connectivity index (χ0n) is 11.0. The minimum absolute atomic E-state index is 0.0186. The second-order valence-electron chi connectivity index (χ2n) is 4.63. The largest absolute Gasteiger partial charge is 0.476 e. The zero-order valence-corrected chi connectivity index (χ0v) is 12.7. The van der Waals surface area contributed by atoms with Crippen LogP contribution in [0.25, 0.3) is 0 Å². The first kappa shape index (κ1) is 14.0. The van der Waals surface area contributed by atoms with Crippen LogP contribution >= 0.6 is 22.7 Å². The van der Waals surface area contributed by atoms with E-state index in [2.05, 4.69) is 21.7 Å². The number of amides is 2. The highest BCUT2D eigenvalue weighted by atomic mass is 32.1. The Morgan fingerprint density at radius 2 is 2.29 bits per heavy atom. The maximum absolute atomic E-state index is 12.1. The van der Waals surface area contributed by atoms with Crippen LogP contribution in [0, 0.1) is 0 Å². The molecule has 0 radical (unpaired) electrons. The number of carbonyl (C=O) groups is 2. The van der Waals surface area contributed by atoms with Gasteiger partial charge in [0.25, 0.3) is 0 Å². The van der Waals surface area contributed by atoms with Gasteiger partial charge in [0.15, 0.2) is 5.69 Å². The number of hydrogen-bond acceptors (Lipinski definition) is 5. The third kappa shape index (κ3) is 3.06. The summed E-state index contributed by atoms with van der Waals surface area (Å²) in [6.45, 7) is 1.59. The zero-order chi connectivity index (χ0) is 14.8. The Balaban J connectivity index is 1.56. The molecule has 1 aliphatic rings. The highest BCUT2D eigenvalue weighted by Gasteiger charge is 2.21. The first-order valence-corrected chi connectivity index (χ1v) is 8.15. The van der Waals surface area contributed by atoms with E-state index in [-0.39, 0.29) is 18.3 Å². The molecule has 0 aromatic carbocycles. The van der Waals surface area contributed by atoms with Gasteiger partial charge in [0.2, 0.25) is 0 Å². The van der Waals surface area contributed by atoms with E-state index in [4.69, 9.17) is 5.11 Å². The maximum Gasteiger partial charge on any atom is 0.355 e. The minimum Gasteiger partial charge on any atom is -0.476 e. The lowest BCUT2D eigenvalue weighted by atomic mass is 10.1. The van der Waals surface area contributed by atoms with Crippen molar-refractivity contribution in [2.75, 3.05) is 6.54 Å². The summed E-state index contributed by atoms with van der Waals surface area (Å²) in [6.07, 6.45) is 0.890. The van der Waals surface area contributed by atoms with E-state index >= 15 is 0 Å². The van der Waals surface area contributed by atoms with Crippen LogP contribution < -0.4 is 5.32 Å². The van der Waals surface area contributed by atoms with Crippen molar-refractivity contribution in [2.45, 2.75) is 19.5 Å². The molecular formula is C13H13N3O3S2. The number of urea groups is 1. The van der Waals surface area contributed by atoms with Crippen LogP contribution in [0.3, 0.4) is 0 Å². The van der Waals surface area contributed by atoms with Gasteiger partial charge in [-0.25, -0.2) is 14.6 Å². The number of rotatable bonds is 3. The summed E-state index contributed by atoms with van der Waals surface area (Å²) in [5.74, 6) is -1.05. The average Bonchev–Trinajstić information content (AvgIpc) is 3.12. The van der Waals surface area contributed by atoms with Gasteiger partial charge >= 0.3 is 12.0 Å². The molecule has 0 atom stereocenters. The van der Waals surface area contributed by atoms with Crippen LogP contribution in [0.15, 0.2) is 16.8 Å². The van der Waals surface area contributed by atoms with E-state index in [1.165, 1.54) is 27.2 Å². The van der Waals surface area contributed by atoms with Crippen LogP contribution in [-0.4, -0.2) is 33.5 Å². The molecule has 8 heteroatoms. The van der Waals surface area contributed by atoms with E-state index in [9.17, 15) is 9.59 Å². The molecule has 6 nitrogen and oxygen atoms in total. The van der Waals surface area contributed by atoms with Gasteiger partial charge in [-0.05, 0) is 23.4 Å². The summed E-state index contributed by atoms with van der Waals surface area (Å²) in [4.78, 5) is 29.9. The van der Waals surface area contributed by atoms with E-state index in [0.29, 0.717) is 18.1 Å². The molecule has 2 amide bonds. The van der Waals surface area contributed by atoms with Crippen molar-refractivity contribution in [3.8, 4) is 0 Å². The van der Waals surface area contributed by atoms with Gasteiger partial charge in [-0.3, -0.25) is 0 Å². The third-order valence-electron chi connectivity index (χ3n) is 3.26. The van der Waals surface area contributed by atoms with Gasteiger partial charge in [0.1, 0.15) is 5.01 Å². The Hall–Kier alpha value is -1.93. The van der Waals surface area contributed by atoms with Gasteiger partial charge in [0, 0.05) is 23.3 Å². The number of fused-ring (bicyclic) bond motifs is 1. The third-order valence-corrected chi connectivity index (χ3v) is 5.13. The predicted octanol–water partition coefficient (Wildman–Crippen LogP) is 2.17. The molecule has 3 heterocycles. The average molecular weight is 323 g/mol. The van der Waals surface area contributed by atoms with E-state index in [1.807, 2.05) is 0 Å². The van der Waals surface area contributed by atoms with Crippen molar-refractivity contribution in [3.63, 3.8) is 0 Å². The number of thiophene rings is 1. The Bertz CT molecular complexity index is 680. The van der Waals surface area contributed by atoms with Crippen LogP contribution in [0.5, 0.6) is 0 Å². The maximum atomic E-state index is 12.1. The second-order valence-corrected chi connectivity index (χ2v) is 6.57. The first-order valence-electron chi connectivity index (χ1n) is 6.39. The lowest BCUT2D eigenvalue weighted by Crippen LogP contribution is -2.42. The lowest BCUT2D eigenvalue weighted by molar-refractivity contribution is 0.0691. The van der Waals surface area contributed by atoms with Crippen molar-refractivity contribution >= 4 is 34.7 Å². The fourth-order valence-corrected chi connectivity index (χ4v) is 3.77. The van der Waals surface area contributed by atoms with Gasteiger partial charge in [-0.1, -0.05) is 0 Å². The van der Waals surface area contributed by atoms with E-state index < -0.39 is 5.97 Å². The molecule has 0 aliphatic carbocycles. The van der Waals surface area contributed by atoms with Crippen molar-refractivity contribution in [2.24, 2.45) is 0 Å². The van der Waals surface area contributed by atoms with Crippen LogP contribution in [0.1, 0.15) is 25.9 Å². The molecule has 3 rings (SSSR count). The number of aromatic nitrogens is 1. The highest BCUT2D eigenvalue weighted by molar-refractivity contribution is 7.10. The molecule has 2 aromatic rings. The molecule has 110 valence electrons. The van der Waals surface area contributed by atoms with Crippen LogP contribution in [0.4, 0.5) is 4.79 Å². The Morgan fingerprint density at radius 3 is 3.05 bits per heavy atom. The number of carboxylic acids is 1. The number of carbonyl (C=O) groups excluding carboxylic acids is 1. The molecule has 1 aliphatic heterocycles. The Labute approximate surface area is 129 Å². The van der Waals surface area contributed by atoms with Gasteiger partial charge in [-0.15, -0.1) is 22.7 Å². The number of aromatic carboxylic acids is 1. The Kier molecular flexibility index (Phi) is 3.89. The minimum atomic E-state index is -1.05. The first-order chi connectivity index (χ1) is 10.1. The topological polar surface area (TPSA) is 82.5 Å². The van der Waals surface area contributed by atoms with Crippen molar-refractivity contribution in [3.05, 3.63) is 38.0 Å². The number of nitrogens with zero attached hydrogens (tertiary/aromatic N) is 2. The quantitative estimate of drug-likeness (QED) is 0.907. The standard InChI is InChI=1S/C13H13N3O3S2/c17-12(18)9-7-21-11(15-9)5-14-13(19)16-3-1-10-8(6-16)2-4-20-10/h2,4,7H,1,3,5-6H2,(H,14,19)(H,17,18). The summed E-state index contributed by atoms with van der Waals surface area (Å²) >= 11 is 2.97. The molecule has 2 aromatic heterocycles. The highest BCUT2D eigenvalue weighted by Crippen LogP contribution is 2.23. The number of thiazole rings is 1. The molecule has 0 spiro atoms. The Morgan fingerprint density at radius 1 is 1.43 bits per heavy atom. The molecule has 0 bridgehead atoms. The monoisotopic (exact) mass is 323 g/mol. The summed E-state index contributed by atoms with van der Waals surface area (Å²) in [5, 5.41) is 15.7. The summed E-state index contributed by atoms with van der Waals surface area (Å²) < 4.78 is 0. The molecule has 0 unspecified atom stereocenters. The van der Waals surface area contributed by atoms with Crippen molar-refractivity contribution in [1.82, 2.24) is 15.2 Å². The fraction of sp³-hybridized carbons (Fsp3) is 0.308. The lowest BCUT2D eigenvalue weighted by Gasteiger charge is -2.26. The van der Waals surface area contributed by atoms with Gasteiger partial charge in [0.05, 0.1) is 6.54 Å². The number of carboxylic acid groups (broad SMARTS) is 1. The van der Waals surface area contributed by atoms with Crippen molar-refractivity contribution in [1.29, 1.82) is 0 Å². The second kappa shape index (κ2) is 5.82. The van der Waals surface area contributed by atoms with Crippen molar-refractivity contribution < 1.29 is 14.7 Å². The molecular weight excluding hydrogens is 310 g/mol. The fourth-order valence-electron chi connectivity index (χ4n) is 2.18. The van der Waals surface area contributed by atoms with Gasteiger partial charge in [-0.2, -0.15) is 0 Å². The van der Waals surface area contributed by atoms with Gasteiger partial charge < -0.3 is 15.3 Å². The van der Waals surface area contributed by atoms with E-state index in [0.717, 1.165) is 6.42 Å². The van der Waals surface area contributed by atoms with Crippen LogP contribution in [0.2, 0.25) is 0 Å². The molecule has 21 heavy (non-hydrogen) atoms. The van der Waals surface area contributed by atoms with E-state index in [1.54, 1.807) is 16.2 Å². The molecule has 0 saturated heterocycles. The summed E-state index contributed by atoms with van der Waals surface area (Å²) in [5.41, 5.74) is 1.23. The molecule has 0 saturated carbocycles. The number of nitrogens with one attached hydrogen (secondary N) is 1. The molecule has 0 fully saturated rings. The molecule has 2 N–H and O–H groups in total. The normalized spacial score (nSPS) is 13.8. The summed E-state index contributed by atoms with van der Waals surface area (Å²) in [7, 11) is 0.